The van der Waals surface area contributed by atoms with Crippen LogP contribution in [-0.2, 0) is 57.1 Å². The van der Waals surface area contributed by atoms with Crippen molar-refractivity contribution in [3.8, 4) is 45.5 Å². The Morgan fingerprint density at radius 3 is 1.34 bits per heavy atom. The number of nitrogens with one attached hydrogen (secondary N) is 1. The van der Waals surface area contributed by atoms with Gasteiger partial charge in [0.15, 0.2) is 6.61 Å². The number of alkyl halides is 9. The molecule has 564 valence electrons. The summed E-state index contributed by atoms with van der Waals surface area (Å²) in [6.45, 7) is 18.9. The van der Waals surface area contributed by atoms with Crippen LogP contribution in [0.5, 0.6) is 11.8 Å². The molecule has 9 aromatic heterocycles. The molecule has 0 radical (unpaired) electrons. The fourth-order valence-corrected chi connectivity index (χ4v) is 12.2. The standard InChI is InChI=1S/C18H21N5O2.C17H19N5O2.C16H16ClN5O.C6H16Si.C3H2F6O3S.C2HF3O2.CH2O3.2Cs.H/c1-3-25-17-11-14-15(12-20-17)22(2)21-18(14)13-4-5-19-16(10-13)23-6-8-24-9-7-23;1-2-24-16-10-13-14(11-19-16)20-21-17(13)12-3-4-18-15(9-12)22-5-7-23-8-6-22;1-21-13-10-19-14(17)9-12(13)16(20-21)11-2-3-18-15(8-11)22-4-6-23-7-5-22;1-4-7(5-2)6-3;4-2(5,6)1-12-13(10,11)3(7,8)9;3-2(4,5)1(6)7;2-1-4-3;;;/h4-5,10-12H,3,6-9H2,1-2H3;3-4,9-11H,2,5-8H2,1H3,(H,20,21);2-3,8-10H,4-7H2,1H3;7H,4-6H2,1-3H3;1H2;(H,6,7);1,3H;;;/q;;;;;;;2*+1;-1/p-1. The summed E-state index contributed by atoms with van der Waals surface area (Å²) in [7, 11) is -2.49. The van der Waals surface area contributed by atoms with Gasteiger partial charge in [0, 0.05) is 126 Å². The maximum absolute atomic E-state index is 11.3. The van der Waals surface area contributed by atoms with E-state index in [1.165, 1.54) is 18.1 Å². The number of hydrogen-bond acceptors (Lipinski definition) is 24. The fraction of sp³-hybridized carbons (Fsp3) is 0.444. The first-order valence-corrected chi connectivity index (χ1v) is 36.1. The van der Waals surface area contributed by atoms with E-state index in [9.17, 15) is 47.9 Å². The Kier molecular flexibility index (Phi) is 39.8. The van der Waals surface area contributed by atoms with Gasteiger partial charge in [0.1, 0.15) is 39.7 Å². The van der Waals surface area contributed by atoms with Crippen molar-refractivity contribution in [1.29, 1.82) is 0 Å². The largest absolute Gasteiger partial charge is 1.00 e. The zero-order valence-electron chi connectivity index (χ0n) is 59.8. The molecule has 0 bridgehead atoms. The van der Waals surface area contributed by atoms with Gasteiger partial charge in [0.05, 0.1) is 88.0 Å². The number of aromatic amines is 1. The molecule has 0 spiro atoms. The third kappa shape index (κ3) is 28.7. The summed E-state index contributed by atoms with van der Waals surface area (Å²) in [4.78, 5) is 53.1. The van der Waals surface area contributed by atoms with Crippen molar-refractivity contribution in [2.45, 2.75) is 70.6 Å². The minimum absolute atomic E-state index is 0. The summed E-state index contributed by atoms with van der Waals surface area (Å²) in [5.74, 6) is 1.32. The van der Waals surface area contributed by atoms with Gasteiger partial charge in [-0.25, -0.2) is 34.7 Å². The molecule has 12 heterocycles. The Bertz CT molecular complexity index is 4270. The predicted octanol–water partition coefficient (Wildman–Crippen LogP) is 3.92. The summed E-state index contributed by atoms with van der Waals surface area (Å²) in [5, 5.41) is 35.9. The van der Waals surface area contributed by atoms with Crippen LogP contribution in [0.4, 0.5) is 57.0 Å². The van der Waals surface area contributed by atoms with Crippen LogP contribution in [-0.4, -0.2) is 211 Å². The van der Waals surface area contributed by atoms with E-state index in [4.69, 9.17) is 60.3 Å². The number of fused-ring (bicyclic) bond motifs is 3. The number of halogens is 10. The van der Waals surface area contributed by atoms with Crippen LogP contribution >= 0.6 is 11.6 Å². The number of H-pyrrole nitrogens is 1. The molecule has 0 saturated carbocycles. The van der Waals surface area contributed by atoms with E-state index in [1.54, 1.807) is 18.6 Å². The van der Waals surface area contributed by atoms with Gasteiger partial charge >= 0.3 is 172 Å². The number of anilines is 3. The second-order valence-corrected chi connectivity index (χ2v) is 28.1. The van der Waals surface area contributed by atoms with Crippen LogP contribution in [0.15, 0.2) is 91.8 Å². The molecule has 105 heavy (non-hydrogen) atoms. The molecule has 12 rings (SSSR count). The Labute approximate surface area is 723 Å². The number of morpholine rings is 3. The molecule has 0 amide bonds. The SMILES string of the molecule is CCOc1cc2c(-c3ccnc(N4CCOCC4)c3)n[nH]c2cn1.CCOc1cc2c(-c3ccnc(N4CCOCC4)c3)nn(C)c2cn1.CC[SiH](CC)CC.Cn1nc(-c2ccnc(N3CCOCC3)c2)c2cc(Cl)ncc21.O=C(O)C(F)(F)F.O=CO[O-].O=S(=O)(OCC(F)(F)F)C(F)(F)F.[Cs+].[Cs+].[H-]. The monoisotopic (exact) mass is 1780 g/mol. The van der Waals surface area contributed by atoms with E-state index < -0.39 is 40.6 Å². The van der Waals surface area contributed by atoms with E-state index in [0.29, 0.717) is 30.1 Å². The molecule has 0 atom stereocenters. The first-order chi connectivity index (χ1) is 49.0. The van der Waals surface area contributed by atoms with Gasteiger partial charge in [-0.2, -0.15) is 63.2 Å². The average Bonchev–Trinajstić information content (AvgIpc) is 1.64. The molecular formula is C63H77ClCs2F9N15O13SSi. The van der Waals surface area contributed by atoms with Gasteiger partial charge in [-0.05, 0) is 56.3 Å². The van der Waals surface area contributed by atoms with Crippen molar-refractivity contribution in [1.82, 2.24) is 59.7 Å². The molecule has 42 heteroatoms. The molecule has 0 aliphatic carbocycles. The first kappa shape index (κ1) is 92.4. The van der Waals surface area contributed by atoms with Crippen LogP contribution in [0, 0.1) is 0 Å². The van der Waals surface area contributed by atoms with Crippen molar-refractivity contribution < 1.29 is 240 Å². The van der Waals surface area contributed by atoms with Crippen molar-refractivity contribution in [2.24, 2.45) is 14.1 Å². The number of carbonyl (C=O) groups excluding carboxylic acids is 1. The van der Waals surface area contributed by atoms with Crippen molar-refractivity contribution in [2.75, 3.05) is 113 Å². The summed E-state index contributed by atoms with van der Waals surface area (Å²) >= 11 is 6.06. The second-order valence-electron chi connectivity index (χ2n) is 21.9. The quantitative estimate of drug-likeness (QED) is 0.0202. The van der Waals surface area contributed by atoms with Gasteiger partial charge in [0.25, 0.3) is 6.47 Å². The van der Waals surface area contributed by atoms with E-state index in [0.717, 1.165) is 163 Å². The molecule has 3 aliphatic heterocycles. The van der Waals surface area contributed by atoms with E-state index in [-0.39, 0.29) is 154 Å². The molecule has 3 saturated heterocycles. The number of carboxylic acids is 1. The number of carbonyl (C=O) groups is 2. The Hall–Kier alpha value is -5.02. The summed E-state index contributed by atoms with van der Waals surface area (Å²) in [6.07, 6.45) is 0.582. The summed E-state index contributed by atoms with van der Waals surface area (Å²) in [6, 6.07) is 22.4. The molecule has 28 nitrogen and oxygen atoms in total. The molecule has 3 aliphatic rings. The summed E-state index contributed by atoms with van der Waals surface area (Å²) < 4.78 is 153. The van der Waals surface area contributed by atoms with Crippen molar-refractivity contribution in [3.63, 3.8) is 0 Å². The Balaban J connectivity index is 0.000000342. The number of nitrogens with zero attached hydrogens (tertiary/aromatic N) is 14. The maximum Gasteiger partial charge on any atom is 1.00 e. The number of pyridine rings is 6. The van der Waals surface area contributed by atoms with Crippen molar-refractivity contribution in [3.05, 3.63) is 96.9 Å². The third-order valence-corrected chi connectivity index (χ3v) is 19.8. The van der Waals surface area contributed by atoms with Gasteiger partial charge < -0.3 is 55.1 Å². The van der Waals surface area contributed by atoms with E-state index in [2.05, 4.69) is 108 Å². The minimum atomic E-state index is -6.15. The smallest absolute Gasteiger partial charge is 1.00 e. The predicted molar refractivity (Wildman–Crippen MR) is 365 cm³/mol. The number of ether oxygens (including phenoxy) is 5. The van der Waals surface area contributed by atoms with E-state index in [1.807, 2.05) is 92.3 Å². The van der Waals surface area contributed by atoms with Gasteiger partial charge in [-0.15, -0.1) is 0 Å². The zero-order valence-corrected chi connectivity index (χ0v) is 74.1. The molecule has 2 N–H and O–H groups in total. The average molecular weight is 1780 g/mol. The van der Waals surface area contributed by atoms with E-state index >= 15 is 0 Å². The minimum Gasteiger partial charge on any atom is -1.00 e. The molecule has 9 aromatic rings. The van der Waals surface area contributed by atoms with Gasteiger partial charge in [-0.3, -0.25) is 23.4 Å². The number of rotatable bonds is 16. The topological polar surface area (TPSA) is 328 Å². The normalized spacial score (nSPS) is 13.8. The van der Waals surface area contributed by atoms with Crippen LogP contribution in [0.3, 0.4) is 0 Å². The van der Waals surface area contributed by atoms with Gasteiger partial charge in [-0.1, -0.05) is 50.5 Å². The third-order valence-electron chi connectivity index (χ3n) is 15.2. The number of aryl methyl sites for hydroxylation is 2. The first-order valence-electron chi connectivity index (χ1n) is 31.8. The number of carboxylic acid groups (broad SMARTS) is 1. The van der Waals surface area contributed by atoms with Crippen LogP contribution < -0.4 is 167 Å². The zero-order chi connectivity index (χ0) is 75.5. The van der Waals surface area contributed by atoms with Crippen LogP contribution in [0.2, 0.25) is 23.3 Å². The van der Waals surface area contributed by atoms with Crippen LogP contribution in [0.1, 0.15) is 36.0 Å². The number of hydrogen-bond donors (Lipinski definition) is 2. The van der Waals surface area contributed by atoms with Crippen LogP contribution in [0.25, 0.3) is 66.5 Å². The maximum atomic E-state index is 11.3. The molecular weight excluding hydrogens is 1710 g/mol. The molecule has 0 aromatic carbocycles. The Morgan fingerprint density at radius 1 is 0.619 bits per heavy atom. The van der Waals surface area contributed by atoms with Crippen molar-refractivity contribution >= 4 is 93.1 Å². The Morgan fingerprint density at radius 2 is 0.990 bits per heavy atom. The molecule has 0 unspecified atom stereocenters. The second kappa shape index (κ2) is 45.2. The van der Waals surface area contributed by atoms with Gasteiger partial charge in [0.2, 0.25) is 11.8 Å². The molecule has 3 fully saturated rings. The summed E-state index contributed by atoms with van der Waals surface area (Å²) in [5.41, 5.74) is 2.75. The number of aliphatic carboxylic acids is 1. The fourth-order valence-electron chi connectivity index (χ4n) is 9.93. The number of aromatic nitrogens is 12.